The van der Waals surface area contributed by atoms with Crippen molar-refractivity contribution in [1.82, 2.24) is 19.4 Å². The third-order valence-electron chi connectivity index (χ3n) is 4.67. The first-order valence-electron chi connectivity index (χ1n) is 7.80. The van der Waals surface area contributed by atoms with E-state index >= 15 is 0 Å². The second-order valence-corrected chi connectivity index (χ2v) is 6.03. The first kappa shape index (κ1) is 15.0. The molecule has 2 atom stereocenters. The van der Waals surface area contributed by atoms with Crippen molar-refractivity contribution < 1.29 is 9.47 Å². The van der Waals surface area contributed by atoms with Crippen LogP contribution in [-0.2, 0) is 23.1 Å². The lowest BCUT2D eigenvalue weighted by Crippen LogP contribution is -2.60. The van der Waals surface area contributed by atoms with Gasteiger partial charge >= 0.3 is 0 Å². The van der Waals surface area contributed by atoms with E-state index in [1.807, 2.05) is 12.5 Å². The molecule has 0 saturated carbocycles. The van der Waals surface area contributed by atoms with Crippen molar-refractivity contribution in [1.29, 1.82) is 0 Å². The van der Waals surface area contributed by atoms with Crippen LogP contribution in [0.15, 0.2) is 12.5 Å². The summed E-state index contributed by atoms with van der Waals surface area (Å²) in [5.74, 6) is 0. The van der Waals surface area contributed by atoms with E-state index in [4.69, 9.17) is 9.47 Å². The summed E-state index contributed by atoms with van der Waals surface area (Å²) in [6.45, 7) is 6.81. The molecule has 2 aliphatic heterocycles. The van der Waals surface area contributed by atoms with Gasteiger partial charge in [-0.1, -0.05) is 0 Å². The number of fused-ring (bicyclic) bond motifs is 1. The van der Waals surface area contributed by atoms with Crippen LogP contribution in [0.4, 0.5) is 0 Å². The minimum absolute atomic E-state index is 0.387. The molecule has 3 rings (SSSR count). The van der Waals surface area contributed by atoms with Crippen LogP contribution in [0.3, 0.4) is 0 Å². The minimum atomic E-state index is 0.387. The molecule has 2 saturated heterocycles. The SMILES string of the molecule is COCCN1CCO[C@H]2CCN(Cc3cncn3C)C[C@H]21. The van der Waals surface area contributed by atoms with Gasteiger partial charge in [0.25, 0.3) is 0 Å². The van der Waals surface area contributed by atoms with E-state index in [0.29, 0.717) is 12.1 Å². The molecule has 0 radical (unpaired) electrons. The molecule has 2 fully saturated rings. The number of morpholine rings is 1. The van der Waals surface area contributed by atoms with Crippen molar-refractivity contribution in [2.75, 3.05) is 46.5 Å². The molecule has 6 heteroatoms. The highest BCUT2D eigenvalue weighted by Gasteiger charge is 2.36. The van der Waals surface area contributed by atoms with Crippen LogP contribution in [0.25, 0.3) is 0 Å². The monoisotopic (exact) mass is 294 g/mol. The molecule has 0 bridgehead atoms. The average Bonchev–Trinajstić information content (AvgIpc) is 2.90. The number of hydrogen-bond donors (Lipinski definition) is 0. The summed E-state index contributed by atoms with van der Waals surface area (Å²) in [6, 6.07) is 0.496. The predicted molar refractivity (Wildman–Crippen MR) is 80.1 cm³/mol. The van der Waals surface area contributed by atoms with Gasteiger partial charge in [-0.3, -0.25) is 9.80 Å². The number of aryl methyl sites for hydroxylation is 1. The Bertz CT molecular complexity index is 451. The highest BCUT2D eigenvalue weighted by atomic mass is 16.5. The van der Waals surface area contributed by atoms with E-state index in [1.165, 1.54) is 5.69 Å². The second-order valence-electron chi connectivity index (χ2n) is 6.03. The van der Waals surface area contributed by atoms with Crippen molar-refractivity contribution in [2.45, 2.75) is 25.1 Å². The van der Waals surface area contributed by atoms with Crippen molar-refractivity contribution in [3.63, 3.8) is 0 Å². The van der Waals surface area contributed by atoms with Gasteiger partial charge in [-0.25, -0.2) is 4.98 Å². The fourth-order valence-electron chi connectivity index (χ4n) is 3.40. The lowest BCUT2D eigenvalue weighted by molar-refractivity contribution is -0.108. The smallest absolute Gasteiger partial charge is 0.0945 e. The quantitative estimate of drug-likeness (QED) is 0.783. The topological polar surface area (TPSA) is 42.8 Å². The van der Waals surface area contributed by atoms with Crippen LogP contribution < -0.4 is 0 Å². The predicted octanol–water partition coefficient (Wildman–Crippen LogP) is 0.342. The van der Waals surface area contributed by atoms with Gasteiger partial charge in [0.05, 0.1) is 31.3 Å². The van der Waals surface area contributed by atoms with E-state index in [2.05, 4.69) is 26.4 Å². The molecule has 0 spiro atoms. The largest absolute Gasteiger partial charge is 0.383 e. The number of methoxy groups -OCH3 is 1. The molecular formula is C15H26N4O2. The Balaban J connectivity index is 1.61. The molecule has 1 aromatic heterocycles. The van der Waals surface area contributed by atoms with Crippen LogP contribution in [0.5, 0.6) is 0 Å². The molecule has 0 unspecified atom stereocenters. The summed E-state index contributed by atoms with van der Waals surface area (Å²) in [7, 11) is 3.83. The summed E-state index contributed by atoms with van der Waals surface area (Å²) >= 11 is 0. The lowest BCUT2D eigenvalue weighted by Gasteiger charge is -2.47. The molecule has 21 heavy (non-hydrogen) atoms. The Morgan fingerprint density at radius 2 is 2.33 bits per heavy atom. The Kier molecular flexibility index (Phi) is 4.90. The van der Waals surface area contributed by atoms with E-state index in [0.717, 1.165) is 52.4 Å². The first-order valence-corrected chi connectivity index (χ1v) is 7.80. The molecule has 0 amide bonds. The van der Waals surface area contributed by atoms with Crippen molar-refractivity contribution in [3.8, 4) is 0 Å². The van der Waals surface area contributed by atoms with Crippen LogP contribution in [0.1, 0.15) is 12.1 Å². The number of rotatable bonds is 5. The van der Waals surface area contributed by atoms with Crippen LogP contribution in [-0.4, -0.2) is 78.0 Å². The Morgan fingerprint density at radius 1 is 1.43 bits per heavy atom. The summed E-state index contributed by atoms with van der Waals surface area (Å²) in [6.07, 6.45) is 5.34. The van der Waals surface area contributed by atoms with Gasteiger partial charge in [-0.05, 0) is 6.42 Å². The molecule has 2 aliphatic rings. The maximum absolute atomic E-state index is 5.97. The maximum atomic E-state index is 5.97. The Hall–Kier alpha value is -0.950. The van der Waals surface area contributed by atoms with Crippen LogP contribution in [0, 0.1) is 0 Å². The normalized spacial score (nSPS) is 27.7. The summed E-state index contributed by atoms with van der Waals surface area (Å²) in [4.78, 5) is 9.26. The van der Waals surface area contributed by atoms with Gasteiger partial charge in [0.15, 0.2) is 0 Å². The molecule has 118 valence electrons. The van der Waals surface area contributed by atoms with Crippen LogP contribution in [0.2, 0.25) is 0 Å². The third kappa shape index (κ3) is 3.45. The van der Waals surface area contributed by atoms with Crippen molar-refractivity contribution in [3.05, 3.63) is 18.2 Å². The number of piperidine rings is 1. The molecule has 1 aromatic rings. The van der Waals surface area contributed by atoms with E-state index in [1.54, 1.807) is 7.11 Å². The van der Waals surface area contributed by atoms with Gasteiger partial charge in [0.1, 0.15) is 0 Å². The zero-order valence-corrected chi connectivity index (χ0v) is 13.1. The van der Waals surface area contributed by atoms with E-state index in [-0.39, 0.29) is 0 Å². The fraction of sp³-hybridized carbons (Fsp3) is 0.800. The fourth-order valence-corrected chi connectivity index (χ4v) is 3.40. The number of ether oxygens (including phenoxy) is 2. The molecule has 6 nitrogen and oxygen atoms in total. The van der Waals surface area contributed by atoms with Gasteiger partial charge < -0.3 is 14.0 Å². The minimum Gasteiger partial charge on any atom is -0.383 e. The molecule has 0 aromatic carbocycles. The second kappa shape index (κ2) is 6.87. The standard InChI is InChI=1S/C15H26N4O2/c1-17-12-16-9-13(17)10-18-4-3-15-14(11-18)19(5-7-20-2)6-8-21-15/h9,12,14-15H,3-8,10-11H2,1-2H3/t14-,15+/m1/s1. The zero-order chi connectivity index (χ0) is 14.7. The maximum Gasteiger partial charge on any atom is 0.0945 e. The van der Waals surface area contributed by atoms with E-state index in [9.17, 15) is 0 Å². The van der Waals surface area contributed by atoms with Gasteiger partial charge in [-0.15, -0.1) is 0 Å². The van der Waals surface area contributed by atoms with Gasteiger partial charge in [0, 0.05) is 59.1 Å². The molecule has 0 N–H and O–H groups in total. The van der Waals surface area contributed by atoms with Gasteiger partial charge in [0.2, 0.25) is 0 Å². The summed E-state index contributed by atoms with van der Waals surface area (Å²) in [5, 5.41) is 0. The van der Waals surface area contributed by atoms with Gasteiger partial charge in [-0.2, -0.15) is 0 Å². The molecular weight excluding hydrogens is 268 g/mol. The summed E-state index contributed by atoms with van der Waals surface area (Å²) in [5.41, 5.74) is 1.27. The van der Waals surface area contributed by atoms with Crippen molar-refractivity contribution >= 4 is 0 Å². The Morgan fingerprint density at radius 3 is 3.10 bits per heavy atom. The third-order valence-corrected chi connectivity index (χ3v) is 4.67. The number of imidazole rings is 1. The first-order chi connectivity index (χ1) is 10.3. The average molecular weight is 294 g/mol. The number of nitrogens with zero attached hydrogens (tertiary/aromatic N) is 4. The molecule has 0 aliphatic carbocycles. The van der Waals surface area contributed by atoms with Crippen molar-refractivity contribution in [2.24, 2.45) is 7.05 Å². The number of aromatic nitrogens is 2. The van der Waals surface area contributed by atoms with E-state index < -0.39 is 0 Å². The Labute approximate surface area is 126 Å². The van der Waals surface area contributed by atoms with Crippen LogP contribution >= 0.6 is 0 Å². The molecule has 3 heterocycles. The lowest BCUT2D eigenvalue weighted by atomic mass is 9.98. The zero-order valence-electron chi connectivity index (χ0n) is 13.1. The highest BCUT2D eigenvalue weighted by molar-refractivity contribution is 4.99. The number of hydrogen-bond acceptors (Lipinski definition) is 5. The summed E-state index contributed by atoms with van der Waals surface area (Å²) < 4.78 is 13.3. The highest BCUT2D eigenvalue weighted by Crippen LogP contribution is 2.23. The number of likely N-dealkylation sites (tertiary alicyclic amines) is 1.